The van der Waals surface area contributed by atoms with Crippen molar-refractivity contribution in [3.63, 3.8) is 0 Å². The number of anilines is 1. The van der Waals surface area contributed by atoms with Crippen molar-refractivity contribution < 1.29 is 13.9 Å². The van der Waals surface area contributed by atoms with E-state index in [2.05, 4.69) is 29.2 Å². The molecule has 1 amide bonds. The van der Waals surface area contributed by atoms with Crippen molar-refractivity contribution >= 4 is 11.6 Å². The van der Waals surface area contributed by atoms with E-state index in [0.717, 1.165) is 35.9 Å². The maximum absolute atomic E-state index is 12.5. The lowest BCUT2D eigenvalue weighted by atomic mass is 10.2. The SMILES string of the molecule is Cc1ccc(C(=O)N2CCN(c3ccc(OCc4ccccc4)cc3)CC2)o1. The first-order valence-electron chi connectivity index (χ1n) is 9.56. The van der Waals surface area contributed by atoms with E-state index in [-0.39, 0.29) is 5.91 Å². The highest BCUT2D eigenvalue weighted by Crippen LogP contribution is 2.22. The van der Waals surface area contributed by atoms with Gasteiger partial charge in [-0.3, -0.25) is 4.79 Å². The van der Waals surface area contributed by atoms with Crippen LogP contribution in [-0.2, 0) is 6.61 Å². The Labute approximate surface area is 165 Å². The fourth-order valence-corrected chi connectivity index (χ4v) is 3.37. The zero-order valence-corrected chi connectivity index (χ0v) is 16.0. The van der Waals surface area contributed by atoms with Gasteiger partial charge < -0.3 is 19.0 Å². The van der Waals surface area contributed by atoms with Gasteiger partial charge in [0, 0.05) is 31.9 Å². The van der Waals surface area contributed by atoms with E-state index in [4.69, 9.17) is 9.15 Å². The zero-order valence-electron chi connectivity index (χ0n) is 16.0. The molecule has 0 atom stereocenters. The van der Waals surface area contributed by atoms with Crippen LogP contribution < -0.4 is 9.64 Å². The van der Waals surface area contributed by atoms with Crippen LogP contribution in [0.25, 0.3) is 0 Å². The second-order valence-corrected chi connectivity index (χ2v) is 6.96. The average molecular weight is 376 g/mol. The Bertz CT molecular complexity index is 911. The molecule has 4 rings (SSSR count). The average Bonchev–Trinajstić information content (AvgIpc) is 3.19. The first-order chi connectivity index (χ1) is 13.7. The van der Waals surface area contributed by atoms with Crippen molar-refractivity contribution in [2.75, 3.05) is 31.1 Å². The van der Waals surface area contributed by atoms with E-state index >= 15 is 0 Å². The number of hydrogen-bond donors (Lipinski definition) is 0. The topological polar surface area (TPSA) is 45.9 Å². The molecular weight excluding hydrogens is 352 g/mol. The molecule has 5 heteroatoms. The number of carbonyl (C=O) groups excluding carboxylic acids is 1. The number of aryl methyl sites for hydroxylation is 1. The number of amides is 1. The second-order valence-electron chi connectivity index (χ2n) is 6.96. The molecule has 0 unspecified atom stereocenters. The molecule has 2 heterocycles. The molecule has 0 spiro atoms. The van der Waals surface area contributed by atoms with Crippen molar-refractivity contribution in [3.05, 3.63) is 83.8 Å². The summed E-state index contributed by atoms with van der Waals surface area (Å²) in [7, 11) is 0. The molecule has 1 aliphatic rings. The van der Waals surface area contributed by atoms with E-state index in [1.807, 2.05) is 48.2 Å². The van der Waals surface area contributed by atoms with Gasteiger partial charge >= 0.3 is 0 Å². The lowest BCUT2D eigenvalue weighted by molar-refractivity contribution is 0.0713. The number of rotatable bonds is 5. The summed E-state index contributed by atoms with van der Waals surface area (Å²) in [6, 6.07) is 21.9. The summed E-state index contributed by atoms with van der Waals surface area (Å²) in [6.07, 6.45) is 0. The van der Waals surface area contributed by atoms with Crippen LogP contribution in [0.15, 0.2) is 71.1 Å². The smallest absolute Gasteiger partial charge is 0.289 e. The van der Waals surface area contributed by atoms with E-state index in [9.17, 15) is 4.79 Å². The minimum absolute atomic E-state index is 0.0302. The molecule has 3 aromatic rings. The van der Waals surface area contributed by atoms with Gasteiger partial charge in [-0.2, -0.15) is 0 Å². The molecular formula is C23H24N2O3. The van der Waals surface area contributed by atoms with E-state index in [1.54, 1.807) is 6.07 Å². The number of ether oxygens (including phenoxy) is 1. The fraction of sp³-hybridized carbons (Fsp3) is 0.261. The van der Waals surface area contributed by atoms with Gasteiger partial charge in [0.05, 0.1) is 0 Å². The molecule has 5 nitrogen and oxygen atoms in total. The van der Waals surface area contributed by atoms with Gasteiger partial charge in [0.15, 0.2) is 5.76 Å². The summed E-state index contributed by atoms with van der Waals surface area (Å²) in [5.74, 6) is 2.01. The maximum Gasteiger partial charge on any atom is 0.289 e. The van der Waals surface area contributed by atoms with Crippen LogP contribution in [0.4, 0.5) is 5.69 Å². The third-order valence-corrected chi connectivity index (χ3v) is 4.97. The number of hydrogen-bond acceptors (Lipinski definition) is 4. The lowest BCUT2D eigenvalue weighted by Gasteiger charge is -2.35. The molecule has 2 aromatic carbocycles. The van der Waals surface area contributed by atoms with Crippen LogP contribution in [0.5, 0.6) is 5.75 Å². The Kier molecular flexibility index (Phi) is 5.33. The van der Waals surface area contributed by atoms with Gasteiger partial charge in [-0.05, 0) is 48.9 Å². The van der Waals surface area contributed by atoms with E-state index in [1.165, 1.54) is 0 Å². The van der Waals surface area contributed by atoms with Crippen LogP contribution in [0.1, 0.15) is 21.9 Å². The third kappa shape index (κ3) is 4.19. The summed E-state index contributed by atoms with van der Waals surface area (Å²) in [5.41, 5.74) is 2.30. The predicted molar refractivity (Wildman–Crippen MR) is 109 cm³/mol. The Hall–Kier alpha value is -3.21. The van der Waals surface area contributed by atoms with Crippen LogP contribution in [0.3, 0.4) is 0 Å². The normalized spacial score (nSPS) is 14.2. The summed E-state index contributed by atoms with van der Waals surface area (Å²) in [5, 5.41) is 0. The van der Waals surface area contributed by atoms with Crippen LogP contribution in [-0.4, -0.2) is 37.0 Å². The molecule has 0 saturated carbocycles. The first kappa shape index (κ1) is 18.2. The van der Waals surface area contributed by atoms with E-state index in [0.29, 0.717) is 25.5 Å². The quantitative estimate of drug-likeness (QED) is 0.672. The Morgan fingerprint density at radius 3 is 2.29 bits per heavy atom. The van der Waals surface area contributed by atoms with Crippen molar-refractivity contribution in [1.82, 2.24) is 4.90 Å². The van der Waals surface area contributed by atoms with Gasteiger partial charge in [0.2, 0.25) is 0 Å². The van der Waals surface area contributed by atoms with Gasteiger partial charge in [0.25, 0.3) is 5.91 Å². The second kappa shape index (κ2) is 8.21. The molecule has 1 saturated heterocycles. The van der Waals surface area contributed by atoms with Gasteiger partial charge in [-0.25, -0.2) is 0 Å². The number of furan rings is 1. The standard InChI is InChI=1S/C23H24N2O3/c1-18-7-12-22(28-18)23(26)25-15-13-24(14-16-25)20-8-10-21(11-9-20)27-17-19-5-3-2-4-6-19/h2-12H,13-17H2,1H3. The monoisotopic (exact) mass is 376 g/mol. The molecule has 0 bridgehead atoms. The molecule has 28 heavy (non-hydrogen) atoms. The Morgan fingerprint density at radius 1 is 0.929 bits per heavy atom. The first-order valence-corrected chi connectivity index (χ1v) is 9.56. The molecule has 1 aromatic heterocycles. The Balaban J connectivity index is 1.30. The number of benzene rings is 2. The highest BCUT2D eigenvalue weighted by Gasteiger charge is 2.24. The molecule has 144 valence electrons. The van der Waals surface area contributed by atoms with Crippen molar-refractivity contribution in [2.45, 2.75) is 13.5 Å². The van der Waals surface area contributed by atoms with Crippen LogP contribution in [0.2, 0.25) is 0 Å². The van der Waals surface area contributed by atoms with Crippen molar-refractivity contribution in [1.29, 1.82) is 0 Å². The number of nitrogens with zero attached hydrogens (tertiary/aromatic N) is 2. The maximum atomic E-state index is 12.5. The fourth-order valence-electron chi connectivity index (χ4n) is 3.37. The lowest BCUT2D eigenvalue weighted by Crippen LogP contribution is -2.48. The summed E-state index contributed by atoms with van der Waals surface area (Å²) in [6.45, 7) is 5.39. The molecule has 0 aliphatic carbocycles. The molecule has 1 fully saturated rings. The highest BCUT2D eigenvalue weighted by atomic mass is 16.5. The van der Waals surface area contributed by atoms with Gasteiger partial charge in [0.1, 0.15) is 18.1 Å². The number of piperazine rings is 1. The Morgan fingerprint density at radius 2 is 1.64 bits per heavy atom. The van der Waals surface area contributed by atoms with Crippen molar-refractivity contribution in [2.24, 2.45) is 0 Å². The third-order valence-electron chi connectivity index (χ3n) is 4.97. The van der Waals surface area contributed by atoms with Gasteiger partial charge in [-0.15, -0.1) is 0 Å². The molecule has 0 N–H and O–H groups in total. The zero-order chi connectivity index (χ0) is 19.3. The predicted octanol–water partition coefficient (Wildman–Crippen LogP) is 4.13. The summed E-state index contributed by atoms with van der Waals surface area (Å²) < 4.78 is 11.3. The van der Waals surface area contributed by atoms with Crippen molar-refractivity contribution in [3.8, 4) is 5.75 Å². The minimum Gasteiger partial charge on any atom is -0.489 e. The molecule has 0 radical (unpaired) electrons. The molecule has 1 aliphatic heterocycles. The summed E-state index contributed by atoms with van der Waals surface area (Å²) >= 11 is 0. The van der Waals surface area contributed by atoms with E-state index < -0.39 is 0 Å². The summed E-state index contributed by atoms with van der Waals surface area (Å²) in [4.78, 5) is 16.6. The van der Waals surface area contributed by atoms with Crippen LogP contribution in [0, 0.1) is 6.92 Å². The number of carbonyl (C=O) groups is 1. The van der Waals surface area contributed by atoms with Crippen LogP contribution >= 0.6 is 0 Å². The highest BCUT2D eigenvalue weighted by molar-refractivity contribution is 5.91. The van der Waals surface area contributed by atoms with Gasteiger partial charge in [-0.1, -0.05) is 30.3 Å². The largest absolute Gasteiger partial charge is 0.489 e. The minimum atomic E-state index is -0.0302.